The van der Waals surface area contributed by atoms with Crippen LogP contribution in [0.25, 0.3) is 0 Å². The molecule has 1 heterocycles. The van der Waals surface area contributed by atoms with Gasteiger partial charge < -0.3 is 15.2 Å². The second-order valence-corrected chi connectivity index (χ2v) is 4.52. The van der Waals surface area contributed by atoms with E-state index in [-0.39, 0.29) is 12.6 Å². The molecular formula is C12H14ClNO3. The molecule has 5 heteroatoms. The quantitative estimate of drug-likeness (QED) is 0.795. The number of esters is 1. The molecule has 2 unspecified atom stereocenters. The van der Waals surface area contributed by atoms with Crippen LogP contribution in [0.5, 0.6) is 0 Å². The van der Waals surface area contributed by atoms with Gasteiger partial charge in [0.2, 0.25) is 0 Å². The first kappa shape index (κ1) is 12.4. The zero-order chi connectivity index (χ0) is 12.3. The van der Waals surface area contributed by atoms with E-state index < -0.39 is 12.1 Å². The summed E-state index contributed by atoms with van der Waals surface area (Å²) in [7, 11) is 0. The summed E-state index contributed by atoms with van der Waals surface area (Å²) in [6.07, 6.45) is -0.0394. The summed E-state index contributed by atoms with van der Waals surface area (Å²) < 4.78 is 5.14. The van der Waals surface area contributed by atoms with Crippen molar-refractivity contribution in [3.8, 4) is 0 Å². The number of carbonyl (C=O) groups is 1. The number of halogens is 1. The maximum atomic E-state index is 11.6. The molecular weight excluding hydrogens is 242 g/mol. The average Bonchev–Trinajstić information content (AvgIpc) is 2.75. The molecule has 1 saturated heterocycles. The summed E-state index contributed by atoms with van der Waals surface area (Å²) in [6.45, 7) is 0.672. The van der Waals surface area contributed by atoms with Crippen LogP contribution in [0.15, 0.2) is 24.3 Å². The van der Waals surface area contributed by atoms with Gasteiger partial charge in [0.05, 0.1) is 6.10 Å². The number of hydrogen-bond acceptors (Lipinski definition) is 4. The number of β-amino-alcohol motifs (C(OH)–C–C–N with tert-alkyl or cyclic N) is 1. The Morgan fingerprint density at radius 3 is 2.76 bits per heavy atom. The monoisotopic (exact) mass is 255 g/mol. The Balaban J connectivity index is 1.82. The van der Waals surface area contributed by atoms with Crippen molar-refractivity contribution in [2.75, 3.05) is 6.54 Å². The fourth-order valence-electron chi connectivity index (χ4n) is 1.73. The summed E-state index contributed by atoms with van der Waals surface area (Å²) in [4.78, 5) is 11.6. The maximum absolute atomic E-state index is 11.6. The van der Waals surface area contributed by atoms with Gasteiger partial charge in [-0.25, -0.2) is 0 Å². The van der Waals surface area contributed by atoms with Crippen LogP contribution in [0.1, 0.15) is 12.0 Å². The van der Waals surface area contributed by atoms with Gasteiger partial charge >= 0.3 is 5.97 Å². The minimum atomic E-state index is -0.455. The Morgan fingerprint density at radius 2 is 2.18 bits per heavy atom. The lowest BCUT2D eigenvalue weighted by Gasteiger charge is -2.10. The second kappa shape index (κ2) is 5.49. The van der Waals surface area contributed by atoms with Gasteiger partial charge in [-0.15, -0.1) is 0 Å². The highest BCUT2D eigenvalue weighted by atomic mass is 35.5. The third kappa shape index (κ3) is 3.43. The van der Waals surface area contributed by atoms with Gasteiger partial charge in [0.25, 0.3) is 0 Å². The van der Waals surface area contributed by atoms with Crippen LogP contribution in [0, 0.1) is 0 Å². The van der Waals surface area contributed by atoms with Crippen molar-refractivity contribution in [2.45, 2.75) is 25.2 Å². The van der Waals surface area contributed by atoms with E-state index in [1.807, 2.05) is 12.1 Å². The fourth-order valence-corrected chi connectivity index (χ4v) is 1.86. The first-order valence-electron chi connectivity index (χ1n) is 5.47. The standard InChI is InChI=1S/C12H14ClNO3/c13-9-3-1-8(2-4-9)7-17-12(16)11-5-10(15)6-14-11/h1-4,10-11,14-15H,5-7H2. The first-order valence-corrected chi connectivity index (χ1v) is 5.85. The molecule has 0 saturated carbocycles. The molecule has 1 fully saturated rings. The molecule has 1 aliphatic heterocycles. The molecule has 0 radical (unpaired) electrons. The summed E-state index contributed by atoms with van der Waals surface area (Å²) in [6, 6.07) is 6.74. The van der Waals surface area contributed by atoms with Crippen molar-refractivity contribution in [2.24, 2.45) is 0 Å². The van der Waals surface area contributed by atoms with Gasteiger partial charge in [-0.3, -0.25) is 4.79 Å². The Labute approximate surface area is 105 Å². The van der Waals surface area contributed by atoms with Crippen LogP contribution in [-0.4, -0.2) is 29.8 Å². The SMILES string of the molecule is O=C(OCc1ccc(Cl)cc1)C1CC(O)CN1. The fraction of sp³-hybridized carbons (Fsp3) is 0.417. The molecule has 0 bridgehead atoms. The molecule has 0 aromatic heterocycles. The van der Waals surface area contributed by atoms with E-state index in [2.05, 4.69) is 5.32 Å². The van der Waals surface area contributed by atoms with Gasteiger partial charge in [-0.05, 0) is 17.7 Å². The molecule has 0 spiro atoms. The van der Waals surface area contributed by atoms with Crippen molar-refractivity contribution in [1.29, 1.82) is 0 Å². The number of carbonyl (C=O) groups excluding carboxylic acids is 1. The van der Waals surface area contributed by atoms with Crippen molar-refractivity contribution in [3.63, 3.8) is 0 Å². The molecule has 2 rings (SSSR count). The van der Waals surface area contributed by atoms with E-state index in [4.69, 9.17) is 16.3 Å². The molecule has 0 amide bonds. The molecule has 1 aromatic carbocycles. The molecule has 92 valence electrons. The Kier molecular flexibility index (Phi) is 3.99. The number of rotatable bonds is 3. The third-order valence-corrected chi connectivity index (χ3v) is 2.94. The van der Waals surface area contributed by atoms with E-state index in [1.54, 1.807) is 12.1 Å². The van der Waals surface area contributed by atoms with E-state index in [0.29, 0.717) is 18.0 Å². The van der Waals surface area contributed by atoms with Crippen LogP contribution in [0.3, 0.4) is 0 Å². The van der Waals surface area contributed by atoms with Gasteiger partial charge in [0.15, 0.2) is 0 Å². The summed E-state index contributed by atoms with van der Waals surface area (Å²) in [5.74, 6) is -0.323. The summed E-state index contributed by atoms with van der Waals surface area (Å²) in [5, 5.41) is 12.8. The molecule has 2 N–H and O–H groups in total. The highest BCUT2D eigenvalue weighted by Gasteiger charge is 2.29. The van der Waals surface area contributed by atoms with Gasteiger partial charge in [-0.1, -0.05) is 23.7 Å². The lowest BCUT2D eigenvalue weighted by Crippen LogP contribution is -2.32. The van der Waals surface area contributed by atoms with Crippen LogP contribution in [0.4, 0.5) is 0 Å². The van der Waals surface area contributed by atoms with Gasteiger partial charge in [0.1, 0.15) is 12.6 Å². The van der Waals surface area contributed by atoms with Crippen LogP contribution < -0.4 is 5.32 Å². The van der Waals surface area contributed by atoms with Gasteiger partial charge in [0, 0.05) is 18.0 Å². The lowest BCUT2D eigenvalue weighted by atomic mass is 10.2. The Hall–Kier alpha value is -1.10. The van der Waals surface area contributed by atoms with E-state index in [1.165, 1.54) is 0 Å². The highest BCUT2D eigenvalue weighted by Crippen LogP contribution is 2.12. The molecule has 1 aromatic rings. The predicted octanol–water partition coefficient (Wildman–Crippen LogP) is 1.11. The van der Waals surface area contributed by atoms with Gasteiger partial charge in [-0.2, -0.15) is 0 Å². The van der Waals surface area contributed by atoms with E-state index in [9.17, 15) is 9.90 Å². The number of ether oxygens (including phenoxy) is 1. The van der Waals surface area contributed by atoms with Crippen LogP contribution in [-0.2, 0) is 16.1 Å². The Bertz CT molecular complexity index is 393. The lowest BCUT2D eigenvalue weighted by molar-refractivity contribution is -0.147. The Morgan fingerprint density at radius 1 is 1.47 bits per heavy atom. The number of nitrogens with one attached hydrogen (secondary N) is 1. The minimum Gasteiger partial charge on any atom is -0.460 e. The molecule has 0 aliphatic carbocycles. The van der Waals surface area contributed by atoms with Crippen LogP contribution in [0.2, 0.25) is 5.02 Å². The zero-order valence-corrected chi connectivity index (χ0v) is 9.98. The topological polar surface area (TPSA) is 58.6 Å². The maximum Gasteiger partial charge on any atom is 0.323 e. The number of hydrogen-bond donors (Lipinski definition) is 2. The zero-order valence-electron chi connectivity index (χ0n) is 9.23. The van der Waals surface area contributed by atoms with Crippen LogP contribution >= 0.6 is 11.6 Å². The molecule has 1 aliphatic rings. The van der Waals surface area contributed by atoms with Crippen molar-refractivity contribution >= 4 is 17.6 Å². The molecule has 2 atom stereocenters. The third-order valence-electron chi connectivity index (χ3n) is 2.69. The second-order valence-electron chi connectivity index (χ2n) is 4.08. The first-order chi connectivity index (χ1) is 8.15. The number of benzene rings is 1. The molecule has 17 heavy (non-hydrogen) atoms. The van der Waals surface area contributed by atoms with Crippen molar-refractivity contribution in [1.82, 2.24) is 5.32 Å². The summed E-state index contributed by atoms with van der Waals surface area (Å²) in [5.41, 5.74) is 0.890. The number of aliphatic hydroxyl groups is 1. The largest absolute Gasteiger partial charge is 0.460 e. The van der Waals surface area contributed by atoms with E-state index in [0.717, 1.165) is 5.56 Å². The van der Waals surface area contributed by atoms with Crippen molar-refractivity contribution in [3.05, 3.63) is 34.9 Å². The van der Waals surface area contributed by atoms with E-state index >= 15 is 0 Å². The smallest absolute Gasteiger partial charge is 0.323 e. The highest BCUT2D eigenvalue weighted by molar-refractivity contribution is 6.30. The van der Waals surface area contributed by atoms with Crippen molar-refractivity contribution < 1.29 is 14.6 Å². The number of aliphatic hydroxyl groups excluding tert-OH is 1. The minimum absolute atomic E-state index is 0.226. The normalized spacial score (nSPS) is 23.6. The average molecular weight is 256 g/mol. The summed E-state index contributed by atoms with van der Waals surface area (Å²) >= 11 is 5.75. The predicted molar refractivity (Wildman–Crippen MR) is 63.7 cm³/mol. The molecule has 4 nitrogen and oxygen atoms in total.